The van der Waals surface area contributed by atoms with Crippen molar-refractivity contribution in [2.45, 2.75) is 30.4 Å². The summed E-state index contributed by atoms with van der Waals surface area (Å²) in [5.74, 6) is 0.754. The lowest BCUT2D eigenvalue weighted by Gasteiger charge is -2.32. The van der Waals surface area contributed by atoms with E-state index < -0.39 is 22.0 Å². The van der Waals surface area contributed by atoms with Crippen molar-refractivity contribution >= 4 is 15.8 Å². The molecule has 0 atom stereocenters. The number of aliphatic hydroxyl groups is 1. The SMILES string of the molecule is CS(=O)(=O)c1ccc(-n2nc(CO)c(OC3CCN(c4ncc(C#N)cn4)CC3)cc2=O)cc1. The third-order valence-electron chi connectivity index (χ3n) is 5.41. The fourth-order valence-electron chi connectivity index (χ4n) is 3.60. The van der Waals surface area contributed by atoms with Gasteiger partial charge in [-0.2, -0.15) is 15.0 Å². The van der Waals surface area contributed by atoms with Gasteiger partial charge in [-0.15, -0.1) is 0 Å². The Balaban J connectivity index is 1.47. The minimum Gasteiger partial charge on any atom is -0.488 e. The number of ether oxygens (including phenoxy) is 1. The second-order valence-corrected chi connectivity index (χ2v) is 9.83. The summed E-state index contributed by atoms with van der Waals surface area (Å²) in [7, 11) is -3.36. The monoisotopic (exact) mass is 482 g/mol. The largest absolute Gasteiger partial charge is 0.488 e. The fraction of sp³-hybridized carbons (Fsp3) is 0.318. The first-order chi connectivity index (χ1) is 16.3. The number of nitrogens with zero attached hydrogens (tertiary/aromatic N) is 6. The lowest BCUT2D eigenvalue weighted by atomic mass is 10.1. The quantitative estimate of drug-likeness (QED) is 0.535. The van der Waals surface area contributed by atoms with Crippen molar-refractivity contribution < 1.29 is 18.3 Å². The molecular formula is C22H22N6O5S. The van der Waals surface area contributed by atoms with E-state index in [2.05, 4.69) is 15.1 Å². The summed E-state index contributed by atoms with van der Waals surface area (Å²) in [5, 5.41) is 22.9. The molecule has 1 fully saturated rings. The molecule has 0 unspecified atom stereocenters. The highest BCUT2D eigenvalue weighted by molar-refractivity contribution is 7.90. The average Bonchev–Trinajstić information content (AvgIpc) is 2.84. The molecule has 34 heavy (non-hydrogen) atoms. The molecule has 1 aliphatic heterocycles. The van der Waals surface area contributed by atoms with Crippen molar-refractivity contribution in [2.24, 2.45) is 0 Å². The number of aliphatic hydroxyl groups excluding tert-OH is 1. The Morgan fingerprint density at radius 3 is 2.38 bits per heavy atom. The molecule has 0 radical (unpaired) electrons. The van der Waals surface area contributed by atoms with Gasteiger partial charge >= 0.3 is 0 Å². The molecule has 4 rings (SSSR count). The van der Waals surface area contributed by atoms with E-state index in [4.69, 9.17) is 10.00 Å². The fourth-order valence-corrected chi connectivity index (χ4v) is 4.23. The number of benzene rings is 1. The third-order valence-corrected chi connectivity index (χ3v) is 6.54. The first-order valence-corrected chi connectivity index (χ1v) is 12.4. The minimum atomic E-state index is -3.36. The summed E-state index contributed by atoms with van der Waals surface area (Å²) in [6, 6.07) is 9.02. The number of nitriles is 1. The zero-order chi connectivity index (χ0) is 24.3. The Hall–Kier alpha value is -3.82. The standard InChI is InChI=1S/C22H22N6O5S/c1-34(31,32)18-4-2-16(3-5-18)28-21(30)10-20(19(14-29)26-28)33-17-6-8-27(9-7-17)22-24-12-15(11-23)13-25-22/h2-5,10,12-13,17,29H,6-9,14H2,1H3. The van der Waals surface area contributed by atoms with Crippen LogP contribution in [0.2, 0.25) is 0 Å². The highest BCUT2D eigenvalue weighted by Gasteiger charge is 2.24. The summed E-state index contributed by atoms with van der Waals surface area (Å²) in [4.78, 5) is 23.2. The van der Waals surface area contributed by atoms with Crippen molar-refractivity contribution in [1.29, 1.82) is 5.26 Å². The zero-order valence-corrected chi connectivity index (χ0v) is 19.1. The van der Waals surface area contributed by atoms with Gasteiger partial charge in [-0.05, 0) is 24.3 Å². The number of hydrogen-bond donors (Lipinski definition) is 1. The van der Waals surface area contributed by atoms with Gasteiger partial charge in [0.25, 0.3) is 5.56 Å². The van der Waals surface area contributed by atoms with Gasteiger partial charge in [-0.25, -0.2) is 18.4 Å². The Labute approximate surface area is 195 Å². The predicted octanol–water partition coefficient (Wildman–Crippen LogP) is 0.838. The molecule has 1 aromatic carbocycles. The highest BCUT2D eigenvalue weighted by atomic mass is 32.2. The maximum absolute atomic E-state index is 12.7. The van der Waals surface area contributed by atoms with Crippen molar-refractivity contribution in [3.63, 3.8) is 0 Å². The average molecular weight is 483 g/mol. The lowest BCUT2D eigenvalue weighted by molar-refractivity contribution is 0.161. The maximum Gasteiger partial charge on any atom is 0.275 e. The molecule has 176 valence electrons. The van der Waals surface area contributed by atoms with E-state index in [1.54, 1.807) is 0 Å². The summed E-state index contributed by atoms with van der Waals surface area (Å²) < 4.78 is 30.4. The minimum absolute atomic E-state index is 0.129. The summed E-state index contributed by atoms with van der Waals surface area (Å²) >= 11 is 0. The van der Waals surface area contributed by atoms with Crippen molar-refractivity contribution in [1.82, 2.24) is 19.7 Å². The van der Waals surface area contributed by atoms with E-state index in [1.807, 2.05) is 11.0 Å². The topological polar surface area (TPSA) is 151 Å². The molecule has 11 nitrogen and oxygen atoms in total. The zero-order valence-electron chi connectivity index (χ0n) is 18.3. The highest BCUT2D eigenvalue weighted by Crippen LogP contribution is 2.23. The Morgan fingerprint density at radius 2 is 1.82 bits per heavy atom. The van der Waals surface area contributed by atoms with E-state index in [0.717, 1.165) is 10.9 Å². The third kappa shape index (κ3) is 5.05. The van der Waals surface area contributed by atoms with Gasteiger partial charge in [0.05, 0.1) is 35.1 Å². The molecule has 0 aliphatic carbocycles. The van der Waals surface area contributed by atoms with Crippen LogP contribution in [0, 0.1) is 11.3 Å². The van der Waals surface area contributed by atoms with Crippen LogP contribution in [0.25, 0.3) is 5.69 Å². The van der Waals surface area contributed by atoms with Crippen LogP contribution < -0.4 is 15.2 Å². The molecule has 3 heterocycles. The van der Waals surface area contributed by atoms with Crippen molar-refractivity contribution in [2.75, 3.05) is 24.2 Å². The number of rotatable bonds is 6. The molecule has 0 bridgehead atoms. The maximum atomic E-state index is 12.7. The van der Waals surface area contributed by atoms with Gasteiger partial charge in [0, 0.05) is 38.3 Å². The molecule has 1 aliphatic rings. The van der Waals surface area contributed by atoms with E-state index >= 15 is 0 Å². The van der Waals surface area contributed by atoms with Crippen LogP contribution in [0.5, 0.6) is 5.75 Å². The molecule has 2 aromatic heterocycles. The van der Waals surface area contributed by atoms with Crippen LogP contribution in [0.3, 0.4) is 0 Å². The number of sulfone groups is 1. The summed E-state index contributed by atoms with van der Waals surface area (Å²) in [6.07, 6.45) is 5.16. The molecule has 0 saturated carbocycles. The molecular weight excluding hydrogens is 460 g/mol. The van der Waals surface area contributed by atoms with E-state index in [0.29, 0.717) is 43.1 Å². The number of anilines is 1. The molecule has 12 heteroatoms. The van der Waals surface area contributed by atoms with Crippen molar-refractivity contribution in [3.05, 3.63) is 64.3 Å². The number of aromatic nitrogens is 4. The Morgan fingerprint density at radius 1 is 1.18 bits per heavy atom. The van der Waals surface area contributed by atoms with Gasteiger partial charge in [0.2, 0.25) is 5.95 Å². The van der Waals surface area contributed by atoms with Crippen LogP contribution in [0.4, 0.5) is 5.95 Å². The van der Waals surface area contributed by atoms with Crippen LogP contribution in [-0.2, 0) is 16.4 Å². The normalized spacial score (nSPS) is 14.6. The lowest BCUT2D eigenvalue weighted by Crippen LogP contribution is -2.39. The Bertz CT molecular complexity index is 1370. The van der Waals surface area contributed by atoms with Gasteiger partial charge in [-0.1, -0.05) is 0 Å². The molecule has 1 saturated heterocycles. The van der Waals surface area contributed by atoms with Gasteiger partial charge in [0.15, 0.2) is 15.6 Å². The van der Waals surface area contributed by atoms with E-state index in [-0.39, 0.29) is 22.4 Å². The van der Waals surface area contributed by atoms with Gasteiger partial charge in [-0.3, -0.25) is 4.79 Å². The van der Waals surface area contributed by atoms with Gasteiger partial charge in [0.1, 0.15) is 17.9 Å². The van der Waals surface area contributed by atoms with Crippen LogP contribution >= 0.6 is 0 Å². The van der Waals surface area contributed by atoms with Crippen molar-refractivity contribution in [3.8, 4) is 17.5 Å². The first kappa shape index (κ1) is 23.3. The molecule has 0 spiro atoms. The van der Waals surface area contributed by atoms with Crippen LogP contribution in [-0.4, -0.2) is 58.7 Å². The van der Waals surface area contributed by atoms with Crippen LogP contribution in [0.15, 0.2) is 52.4 Å². The number of hydrogen-bond acceptors (Lipinski definition) is 10. The van der Waals surface area contributed by atoms with E-state index in [1.165, 1.54) is 42.7 Å². The predicted molar refractivity (Wildman–Crippen MR) is 121 cm³/mol. The summed E-state index contributed by atoms with van der Waals surface area (Å²) in [6.45, 7) is 0.819. The second kappa shape index (κ2) is 9.58. The van der Waals surface area contributed by atoms with Gasteiger partial charge < -0.3 is 14.7 Å². The second-order valence-electron chi connectivity index (χ2n) is 7.82. The Kier molecular flexibility index (Phi) is 6.58. The smallest absolute Gasteiger partial charge is 0.275 e. The number of piperidine rings is 1. The summed E-state index contributed by atoms with van der Waals surface area (Å²) in [5.41, 5.74) is 0.494. The molecule has 0 amide bonds. The van der Waals surface area contributed by atoms with Crippen LogP contribution in [0.1, 0.15) is 24.1 Å². The molecule has 3 aromatic rings. The molecule has 1 N–H and O–H groups in total. The van der Waals surface area contributed by atoms with E-state index in [9.17, 15) is 18.3 Å². The first-order valence-electron chi connectivity index (χ1n) is 10.5.